The lowest BCUT2D eigenvalue weighted by Gasteiger charge is -2.28. The Morgan fingerprint density at radius 1 is 1.00 bits per heavy atom. The summed E-state index contributed by atoms with van der Waals surface area (Å²) in [6, 6.07) is 4.02. The summed E-state index contributed by atoms with van der Waals surface area (Å²) in [7, 11) is 0.170. The maximum Gasteiger partial charge on any atom is 0.426 e. The van der Waals surface area contributed by atoms with Crippen molar-refractivity contribution in [1.29, 1.82) is 0 Å². The largest absolute Gasteiger partial charge is 0.426 e. The summed E-state index contributed by atoms with van der Waals surface area (Å²) in [5, 5.41) is -4.84. The van der Waals surface area contributed by atoms with Crippen LogP contribution in [0.4, 0.5) is 8.78 Å². The smallest absolute Gasteiger partial charge is 0.426 e. The van der Waals surface area contributed by atoms with Crippen LogP contribution in [0.3, 0.4) is 0 Å². The summed E-state index contributed by atoms with van der Waals surface area (Å²) in [5.41, 5.74) is 3.01. The zero-order valence-corrected chi connectivity index (χ0v) is 18.2. The van der Waals surface area contributed by atoms with E-state index in [0.29, 0.717) is 18.4 Å². The van der Waals surface area contributed by atoms with Crippen LogP contribution in [0.15, 0.2) is 12.1 Å². The van der Waals surface area contributed by atoms with E-state index >= 15 is 0 Å². The average molecular weight is 440 g/mol. The van der Waals surface area contributed by atoms with Crippen molar-refractivity contribution in [2.75, 3.05) is 0 Å². The minimum absolute atomic E-state index is 0.0697. The van der Waals surface area contributed by atoms with Crippen molar-refractivity contribution in [1.82, 2.24) is 0 Å². The number of halogens is 2. The van der Waals surface area contributed by atoms with Gasteiger partial charge in [-0.2, -0.15) is 17.2 Å². The van der Waals surface area contributed by atoms with Crippen molar-refractivity contribution in [2.45, 2.75) is 49.9 Å². The Labute approximate surface area is 178 Å². The van der Waals surface area contributed by atoms with Crippen molar-refractivity contribution in [3.05, 3.63) is 28.8 Å². The molecule has 2 rings (SSSR count). The minimum atomic E-state index is -5.82. The maximum atomic E-state index is 13.6. The van der Waals surface area contributed by atoms with Gasteiger partial charge < -0.3 is 4.74 Å². The molecule has 0 atom stereocenters. The van der Waals surface area contributed by atoms with Gasteiger partial charge in [0.1, 0.15) is 29.3 Å². The number of hydrogen-bond donors (Lipinski definition) is 1. The van der Waals surface area contributed by atoms with Gasteiger partial charge in [0.15, 0.2) is 0 Å². The van der Waals surface area contributed by atoms with Crippen LogP contribution < -0.4 is 4.74 Å². The van der Waals surface area contributed by atoms with E-state index in [1.807, 2.05) is 35.7 Å². The lowest BCUT2D eigenvalue weighted by atomic mass is 9.80. The summed E-state index contributed by atoms with van der Waals surface area (Å²) in [6.07, 6.45) is 2.37. The normalized spacial score (nSPS) is 20.0. The average Bonchev–Trinajstić information content (AvgIpc) is 2.72. The highest BCUT2D eigenvalue weighted by atomic mass is 32.2. The van der Waals surface area contributed by atoms with Gasteiger partial charge in [-0.05, 0) is 36.8 Å². The third kappa shape index (κ3) is 5.14. The van der Waals surface area contributed by atoms with Gasteiger partial charge in [-0.15, -0.1) is 0 Å². The first-order valence-corrected chi connectivity index (χ1v) is 11.7. The molecule has 0 radical (unpaired) electrons. The van der Waals surface area contributed by atoms with Crippen molar-refractivity contribution in [2.24, 2.45) is 11.8 Å². The summed E-state index contributed by atoms with van der Waals surface area (Å²) in [4.78, 5) is 24.6. The molecule has 1 aromatic carbocycles. The van der Waals surface area contributed by atoms with E-state index in [9.17, 15) is 26.8 Å². The number of rotatable bonds is 8. The van der Waals surface area contributed by atoms with Crippen LogP contribution in [0.25, 0.3) is 0 Å². The first-order chi connectivity index (χ1) is 14.0. The maximum absolute atomic E-state index is 13.6. The molecule has 0 unspecified atom stereocenters. The van der Waals surface area contributed by atoms with Gasteiger partial charge in [-0.1, -0.05) is 36.7 Å². The second-order valence-corrected chi connectivity index (χ2v) is 9.09. The number of ketones is 1. The molecule has 0 aromatic heterocycles. The fraction of sp³-hybridized carbons (Fsp3) is 0.556. The number of carbonyl (C=O) groups is 2. The fourth-order valence-corrected chi connectivity index (χ4v) is 4.25. The molecular formula is C18H25B3F2O6S. The Kier molecular flexibility index (Phi) is 7.90. The third-order valence-corrected chi connectivity index (χ3v) is 6.57. The second-order valence-electron chi connectivity index (χ2n) is 7.63. The predicted molar refractivity (Wildman–Crippen MR) is 116 cm³/mol. The van der Waals surface area contributed by atoms with Crippen molar-refractivity contribution in [3.63, 3.8) is 0 Å². The van der Waals surface area contributed by atoms with Gasteiger partial charge in [-0.3, -0.25) is 14.1 Å². The van der Waals surface area contributed by atoms with E-state index in [1.54, 1.807) is 0 Å². The quantitative estimate of drug-likeness (QED) is 0.262. The molecule has 1 saturated carbocycles. The van der Waals surface area contributed by atoms with Crippen molar-refractivity contribution in [3.8, 4) is 5.75 Å². The molecular weight excluding hydrogens is 415 g/mol. The van der Waals surface area contributed by atoms with Gasteiger partial charge in [0.2, 0.25) is 5.78 Å². The lowest BCUT2D eigenvalue weighted by molar-refractivity contribution is -0.144. The highest BCUT2D eigenvalue weighted by molar-refractivity contribution is 7.87. The molecule has 1 fully saturated rings. The Morgan fingerprint density at radius 3 is 1.87 bits per heavy atom. The van der Waals surface area contributed by atoms with Crippen LogP contribution >= 0.6 is 0 Å². The first kappa shape index (κ1) is 24.6. The fourth-order valence-electron chi connectivity index (χ4n) is 3.83. The Balaban J connectivity index is 2.09. The molecule has 0 saturated heterocycles. The number of esters is 1. The summed E-state index contributed by atoms with van der Waals surface area (Å²) in [5.74, 6) is -3.55. The van der Waals surface area contributed by atoms with Crippen molar-refractivity contribution < 1.29 is 36.1 Å². The summed E-state index contributed by atoms with van der Waals surface area (Å²) < 4.78 is 63.1. The van der Waals surface area contributed by atoms with Crippen LogP contribution in [0.2, 0.25) is 0 Å². The molecule has 12 heteroatoms. The molecule has 0 bridgehead atoms. The molecule has 0 aliphatic heterocycles. The number of alkyl halides is 2. The van der Waals surface area contributed by atoms with E-state index in [0.717, 1.165) is 23.0 Å². The molecule has 0 spiro atoms. The van der Waals surface area contributed by atoms with E-state index < -0.39 is 39.0 Å². The zero-order chi connectivity index (χ0) is 22.7. The number of ether oxygens (including phenoxy) is 1. The van der Waals surface area contributed by atoms with Crippen LogP contribution in [-0.2, 0) is 38.7 Å². The standard InChI is InChI=1S/C18H25B3F2O6S/c19-7-10-5-13(8-20)15(14(6-10)9-21)29-17(25)12-3-1-11(2-4-12)16(24)18(22,23)30(26,27)28/h5-6,11-12H,1-4,7-9,19-21H2,(H,26,27,28). The Hall–Kier alpha value is -1.68. The van der Waals surface area contributed by atoms with Gasteiger partial charge in [0, 0.05) is 5.92 Å². The molecule has 0 heterocycles. The number of hydrogen-bond acceptors (Lipinski definition) is 5. The number of benzene rings is 1. The van der Waals surface area contributed by atoms with E-state index in [2.05, 4.69) is 0 Å². The first-order valence-electron chi connectivity index (χ1n) is 10.2. The predicted octanol–water partition coefficient (Wildman–Crippen LogP) is -0.153. The van der Waals surface area contributed by atoms with E-state index in [4.69, 9.17) is 9.29 Å². The third-order valence-electron chi connectivity index (χ3n) is 5.72. The molecule has 1 aliphatic rings. The summed E-state index contributed by atoms with van der Waals surface area (Å²) in [6.45, 7) is 0. The van der Waals surface area contributed by atoms with Crippen LogP contribution in [-0.4, -0.2) is 53.5 Å². The van der Waals surface area contributed by atoms with Crippen LogP contribution in [0, 0.1) is 11.8 Å². The topological polar surface area (TPSA) is 97.7 Å². The van der Waals surface area contributed by atoms with E-state index in [-0.39, 0.29) is 25.7 Å². The molecule has 1 aromatic rings. The molecule has 1 aliphatic carbocycles. The van der Waals surface area contributed by atoms with Crippen LogP contribution in [0.1, 0.15) is 42.4 Å². The number of carbonyl (C=O) groups excluding carboxylic acids is 2. The highest BCUT2D eigenvalue weighted by Crippen LogP contribution is 2.36. The number of Topliss-reactive ketones (excluding diaryl/α,β-unsaturated/α-hetero) is 1. The van der Waals surface area contributed by atoms with Crippen molar-refractivity contribution >= 4 is 45.4 Å². The molecule has 30 heavy (non-hydrogen) atoms. The van der Waals surface area contributed by atoms with Crippen LogP contribution in [0.5, 0.6) is 5.75 Å². The van der Waals surface area contributed by atoms with Gasteiger partial charge in [-0.25, -0.2) is 0 Å². The van der Waals surface area contributed by atoms with Gasteiger partial charge >= 0.3 is 21.3 Å². The van der Waals surface area contributed by atoms with Gasteiger partial charge in [0.05, 0.1) is 5.92 Å². The molecule has 0 amide bonds. The second kappa shape index (κ2) is 9.64. The molecule has 6 nitrogen and oxygen atoms in total. The zero-order valence-electron chi connectivity index (χ0n) is 17.4. The Bertz CT molecular complexity index is 889. The Morgan fingerprint density at radius 2 is 1.47 bits per heavy atom. The lowest BCUT2D eigenvalue weighted by Crippen LogP contribution is -2.43. The minimum Gasteiger partial charge on any atom is -0.426 e. The summed E-state index contributed by atoms with van der Waals surface area (Å²) >= 11 is 0. The SMILES string of the molecule is BCc1cc(CB)c(OC(=O)C2CCC(C(=O)C(F)(F)S(=O)(=O)O)CC2)c(CB)c1. The van der Waals surface area contributed by atoms with Gasteiger partial charge in [0.25, 0.3) is 0 Å². The molecule has 1 N–H and O–H groups in total. The monoisotopic (exact) mass is 440 g/mol. The molecule has 162 valence electrons. The highest BCUT2D eigenvalue weighted by Gasteiger charge is 2.54. The van der Waals surface area contributed by atoms with E-state index in [1.165, 1.54) is 0 Å².